The third kappa shape index (κ3) is 4.57. The molecule has 1 unspecified atom stereocenters. The molecule has 2 amide bonds. The van der Waals surface area contributed by atoms with Crippen LogP contribution in [0.25, 0.3) is 0 Å². The Labute approximate surface area is 179 Å². The van der Waals surface area contributed by atoms with Gasteiger partial charge in [0.05, 0.1) is 5.69 Å². The Balaban J connectivity index is 1.30. The SMILES string of the molecule is CC(OC(=O)CN1C(=O)COc2ccccc21)C(=O)N1CCN(c2ncccn2)CC1. The molecule has 10 nitrogen and oxygen atoms in total. The summed E-state index contributed by atoms with van der Waals surface area (Å²) in [6, 6.07) is 8.72. The molecular weight excluding hydrogens is 402 g/mol. The van der Waals surface area contributed by atoms with Gasteiger partial charge in [-0.2, -0.15) is 0 Å². The highest BCUT2D eigenvalue weighted by Gasteiger charge is 2.31. The minimum absolute atomic E-state index is 0.145. The van der Waals surface area contributed by atoms with Crippen molar-refractivity contribution in [1.82, 2.24) is 14.9 Å². The zero-order valence-electron chi connectivity index (χ0n) is 17.1. The topological polar surface area (TPSA) is 105 Å². The lowest BCUT2D eigenvalue weighted by Crippen LogP contribution is -2.52. The Bertz CT molecular complexity index is 962. The molecule has 31 heavy (non-hydrogen) atoms. The van der Waals surface area contributed by atoms with Gasteiger partial charge in [0.2, 0.25) is 5.95 Å². The van der Waals surface area contributed by atoms with Crippen LogP contribution in [0.2, 0.25) is 0 Å². The number of hydrogen-bond acceptors (Lipinski definition) is 8. The molecule has 0 saturated carbocycles. The van der Waals surface area contributed by atoms with Gasteiger partial charge in [-0.1, -0.05) is 12.1 Å². The van der Waals surface area contributed by atoms with Crippen LogP contribution in [0.1, 0.15) is 6.92 Å². The van der Waals surface area contributed by atoms with Gasteiger partial charge in [0.15, 0.2) is 12.7 Å². The molecule has 4 rings (SSSR count). The predicted octanol–water partition coefficient (Wildman–Crippen LogP) is 0.482. The van der Waals surface area contributed by atoms with Gasteiger partial charge in [0.1, 0.15) is 12.3 Å². The fraction of sp³-hybridized carbons (Fsp3) is 0.381. The lowest BCUT2D eigenvalue weighted by Gasteiger charge is -2.35. The van der Waals surface area contributed by atoms with Crippen molar-refractivity contribution in [3.8, 4) is 5.75 Å². The number of hydrogen-bond donors (Lipinski definition) is 0. The zero-order chi connectivity index (χ0) is 21.8. The van der Waals surface area contributed by atoms with Gasteiger partial charge >= 0.3 is 5.97 Å². The number of rotatable bonds is 5. The summed E-state index contributed by atoms with van der Waals surface area (Å²) in [6.07, 6.45) is 2.41. The molecule has 1 fully saturated rings. The van der Waals surface area contributed by atoms with Crippen LogP contribution in [0.5, 0.6) is 5.75 Å². The summed E-state index contributed by atoms with van der Waals surface area (Å²) in [5.41, 5.74) is 0.508. The molecule has 1 saturated heterocycles. The minimum atomic E-state index is -0.946. The molecule has 1 aromatic carbocycles. The van der Waals surface area contributed by atoms with Crippen molar-refractivity contribution in [1.29, 1.82) is 0 Å². The van der Waals surface area contributed by atoms with E-state index in [1.54, 1.807) is 54.5 Å². The molecule has 1 atom stereocenters. The summed E-state index contributed by atoms with van der Waals surface area (Å²) in [4.78, 5) is 50.8. The second-order valence-corrected chi connectivity index (χ2v) is 7.23. The number of aromatic nitrogens is 2. The quantitative estimate of drug-likeness (QED) is 0.637. The number of benzene rings is 1. The van der Waals surface area contributed by atoms with Crippen molar-refractivity contribution < 1.29 is 23.9 Å². The molecule has 0 bridgehead atoms. The fourth-order valence-corrected chi connectivity index (χ4v) is 3.58. The molecule has 0 spiro atoms. The van der Waals surface area contributed by atoms with Gasteiger partial charge in [0.25, 0.3) is 11.8 Å². The lowest BCUT2D eigenvalue weighted by atomic mass is 10.2. The number of ether oxygens (including phenoxy) is 2. The summed E-state index contributed by atoms with van der Waals surface area (Å²) < 4.78 is 10.7. The second-order valence-electron chi connectivity index (χ2n) is 7.23. The summed E-state index contributed by atoms with van der Waals surface area (Å²) in [6.45, 7) is 3.26. The molecule has 2 aliphatic rings. The highest BCUT2D eigenvalue weighted by atomic mass is 16.5. The van der Waals surface area contributed by atoms with Gasteiger partial charge in [-0.05, 0) is 25.1 Å². The number of piperazine rings is 1. The van der Waals surface area contributed by atoms with E-state index >= 15 is 0 Å². The lowest BCUT2D eigenvalue weighted by molar-refractivity contribution is -0.158. The van der Waals surface area contributed by atoms with E-state index in [0.717, 1.165) is 0 Å². The second kappa shape index (κ2) is 8.99. The third-order valence-corrected chi connectivity index (χ3v) is 5.18. The third-order valence-electron chi connectivity index (χ3n) is 5.18. The molecular formula is C21H23N5O5. The van der Waals surface area contributed by atoms with E-state index in [1.807, 2.05) is 4.90 Å². The molecule has 10 heteroatoms. The maximum atomic E-state index is 12.7. The van der Waals surface area contributed by atoms with Crippen molar-refractivity contribution >= 4 is 29.4 Å². The highest BCUT2D eigenvalue weighted by Crippen LogP contribution is 2.31. The van der Waals surface area contributed by atoms with Gasteiger partial charge in [0, 0.05) is 38.6 Å². The number of amides is 2. The van der Waals surface area contributed by atoms with Crippen LogP contribution in [0.3, 0.4) is 0 Å². The molecule has 3 heterocycles. The molecule has 162 valence electrons. The van der Waals surface area contributed by atoms with Crippen LogP contribution in [0.15, 0.2) is 42.7 Å². The van der Waals surface area contributed by atoms with E-state index in [0.29, 0.717) is 43.6 Å². The van der Waals surface area contributed by atoms with Gasteiger partial charge in [-0.25, -0.2) is 9.97 Å². The van der Waals surface area contributed by atoms with Crippen molar-refractivity contribution in [2.45, 2.75) is 13.0 Å². The van der Waals surface area contributed by atoms with Gasteiger partial charge in [-0.3, -0.25) is 19.3 Å². The minimum Gasteiger partial charge on any atom is -0.482 e. The molecule has 1 aromatic heterocycles. The number of fused-ring (bicyclic) bond motifs is 1. The smallest absolute Gasteiger partial charge is 0.326 e. The van der Waals surface area contributed by atoms with Crippen LogP contribution in [-0.4, -0.2) is 78.1 Å². The number of anilines is 2. The number of carbonyl (C=O) groups is 3. The normalized spacial score (nSPS) is 16.9. The number of para-hydroxylation sites is 2. The van der Waals surface area contributed by atoms with E-state index in [2.05, 4.69) is 9.97 Å². The molecule has 2 aromatic rings. The van der Waals surface area contributed by atoms with Crippen LogP contribution in [0.4, 0.5) is 11.6 Å². The van der Waals surface area contributed by atoms with Gasteiger partial charge < -0.3 is 19.3 Å². The Morgan fingerprint density at radius 1 is 1.10 bits per heavy atom. The standard InChI is InChI=1S/C21H23N5O5/c1-15(20(29)24-9-11-25(12-10-24)21-22-7-4-8-23-21)31-19(28)13-26-16-5-2-3-6-17(16)30-14-18(26)27/h2-8,15H,9-14H2,1H3. The van der Waals surface area contributed by atoms with Crippen molar-refractivity contribution in [3.05, 3.63) is 42.7 Å². The maximum absolute atomic E-state index is 12.7. The largest absolute Gasteiger partial charge is 0.482 e. The first kappa shape index (κ1) is 20.6. The van der Waals surface area contributed by atoms with Crippen molar-refractivity contribution in [2.24, 2.45) is 0 Å². The number of nitrogens with zero attached hydrogens (tertiary/aromatic N) is 5. The van der Waals surface area contributed by atoms with Gasteiger partial charge in [-0.15, -0.1) is 0 Å². The maximum Gasteiger partial charge on any atom is 0.326 e. The van der Waals surface area contributed by atoms with E-state index in [1.165, 1.54) is 4.90 Å². The van der Waals surface area contributed by atoms with E-state index in [9.17, 15) is 14.4 Å². The highest BCUT2D eigenvalue weighted by molar-refractivity contribution is 6.01. The zero-order valence-corrected chi connectivity index (χ0v) is 17.1. The van der Waals surface area contributed by atoms with Crippen molar-refractivity contribution in [2.75, 3.05) is 49.1 Å². The molecule has 0 N–H and O–H groups in total. The Morgan fingerprint density at radius 3 is 2.55 bits per heavy atom. The summed E-state index contributed by atoms with van der Waals surface area (Å²) >= 11 is 0. The monoisotopic (exact) mass is 425 g/mol. The van der Waals surface area contributed by atoms with Crippen LogP contribution in [0, 0.1) is 0 Å². The first-order valence-electron chi connectivity index (χ1n) is 10.1. The Morgan fingerprint density at radius 2 is 1.81 bits per heavy atom. The average Bonchev–Trinajstić information content (AvgIpc) is 2.81. The number of esters is 1. The first-order chi connectivity index (χ1) is 15.0. The first-order valence-corrected chi connectivity index (χ1v) is 10.1. The van der Waals surface area contributed by atoms with Crippen molar-refractivity contribution in [3.63, 3.8) is 0 Å². The van der Waals surface area contributed by atoms with Crippen LogP contribution >= 0.6 is 0 Å². The summed E-state index contributed by atoms with van der Waals surface area (Å²) in [5.74, 6) is -0.101. The van der Waals surface area contributed by atoms with E-state index < -0.39 is 12.1 Å². The average molecular weight is 425 g/mol. The molecule has 2 aliphatic heterocycles. The fourth-order valence-electron chi connectivity index (χ4n) is 3.58. The summed E-state index contributed by atoms with van der Waals surface area (Å²) in [5, 5.41) is 0. The summed E-state index contributed by atoms with van der Waals surface area (Å²) in [7, 11) is 0. The molecule has 0 radical (unpaired) electrons. The van der Waals surface area contributed by atoms with Crippen LogP contribution in [-0.2, 0) is 19.1 Å². The molecule has 0 aliphatic carbocycles. The predicted molar refractivity (Wildman–Crippen MR) is 111 cm³/mol. The Hall–Kier alpha value is -3.69. The van der Waals surface area contributed by atoms with E-state index in [-0.39, 0.29) is 25.0 Å². The van der Waals surface area contributed by atoms with Crippen LogP contribution < -0.4 is 14.5 Å². The number of carbonyl (C=O) groups excluding carboxylic acids is 3. The van der Waals surface area contributed by atoms with E-state index in [4.69, 9.17) is 9.47 Å². The Kier molecular flexibility index (Phi) is 5.96.